The number of carbonyl (C=O) groups is 2. The number of nitro benzene ring substituents is 1. The molecule has 2 fully saturated rings. The normalized spacial score (nSPS) is 17.9. The van der Waals surface area contributed by atoms with Crippen LogP contribution in [-0.2, 0) is 11.2 Å². The van der Waals surface area contributed by atoms with Gasteiger partial charge in [-0.1, -0.05) is 49.2 Å². The standard InChI is InChI=1S/C26H32N4O4/c31-25(27-14-13-20-7-2-1-3-8-20)24(21-9-4-5-10-21)28-15-17-29(18-16-28)26(32)22-11-6-12-23(19-22)30(33)34/h1-3,6-8,11-12,19,21,24H,4-5,9-10,13-18H2,(H,27,31)/t24-/m0/s1. The third kappa shape index (κ3) is 5.80. The summed E-state index contributed by atoms with van der Waals surface area (Å²) in [6.07, 6.45) is 5.23. The van der Waals surface area contributed by atoms with Gasteiger partial charge in [0.05, 0.1) is 11.0 Å². The molecule has 2 amide bonds. The Labute approximate surface area is 200 Å². The monoisotopic (exact) mass is 464 g/mol. The van der Waals surface area contributed by atoms with Crippen molar-refractivity contribution in [3.8, 4) is 0 Å². The topological polar surface area (TPSA) is 95.8 Å². The quantitative estimate of drug-likeness (QED) is 0.478. The first-order valence-electron chi connectivity index (χ1n) is 12.1. The minimum Gasteiger partial charge on any atom is -0.354 e. The van der Waals surface area contributed by atoms with E-state index in [4.69, 9.17) is 0 Å². The summed E-state index contributed by atoms with van der Waals surface area (Å²) in [6.45, 7) is 2.85. The van der Waals surface area contributed by atoms with Crippen LogP contribution in [0.1, 0.15) is 41.6 Å². The van der Waals surface area contributed by atoms with E-state index >= 15 is 0 Å². The Kier molecular flexibility index (Phi) is 7.90. The fourth-order valence-corrected chi connectivity index (χ4v) is 5.17. The summed E-state index contributed by atoms with van der Waals surface area (Å²) >= 11 is 0. The second kappa shape index (κ2) is 11.2. The molecule has 1 saturated heterocycles. The van der Waals surface area contributed by atoms with Gasteiger partial charge in [-0.15, -0.1) is 0 Å². The van der Waals surface area contributed by atoms with Gasteiger partial charge in [-0.2, -0.15) is 0 Å². The summed E-state index contributed by atoms with van der Waals surface area (Å²) < 4.78 is 0. The maximum absolute atomic E-state index is 13.3. The number of non-ortho nitro benzene ring substituents is 1. The van der Waals surface area contributed by atoms with Gasteiger partial charge in [-0.3, -0.25) is 24.6 Å². The molecule has 34 heavy (non-hydrogen) atoms. The van der Waals surface area contributed by atoms with Gasteiger partial charge < -0.3 is 10.2 Å². The smallest absolute Gasteiger partial charge is 0.270 e. The van der Waals surface area contributed by atoms with Gasteiger partial charge in [0.25, 0.3) is 11.6 Å². The third-order valence-corrected chi connectivity index (χ3v) is 6.97. The minimum atomic E-state index is -0.489. The Hall–Kier alpha value is -3.26. The van der Waals surface area contributed by atoms with E-state index < -0.39 is 4.92 Å². The molecule has 8 nitrogen and oxygen atoms in total. The predicted octanol–water partition coefficient (Wildman–Crippen LogP) is 3.27. The molecular weight excluding hydrogens is 432 g/mol. The van der Waals surface area contributed by atoms with Crippen LogP contribution < -0.4 is 5.32 Å². The van der Waals surface area contributed by atoms with E-state index in [1.165, 1.54) is 23.8 Å². The summed E-state index contributed by atoms with van der Waals surface area (Å²) in [6, 6.07) is 15.8. The lowest BCUT2D eigenvalue weighted by Crippen LogP contribution is -2.58. The number of hydrogen-bond donors (Lipinski definition) is 1. The fourth-order valence-electron chi connectivity index (χ4n) is 5.17. The van der Waals surface area contributed by atoms with Crippen LogP contribution in [0.5, 0.6) is 0 Å². The first kappa shape index (κ1) is 23.9. The zero-order chi connectivity index (χ0) is 23.9. The molecule has 1 saturated carbocycles. The highest BCUT2D eigenvalue weighted by Gasteiger charge is 2.37. The third-order valence-electron chi connectivity index (χ3n) is 6.97. The first-order valence-corrected chi connectivity index (χ1v) is 12.1. The molecule has 0 bridgehead atoms. The number of nitro groups is 1. The molecule has 8 heteroatoms. The number of nitrogens with zero attached hydrogens (tertiary/aromatic N) is 3. The minimum absolute atomic E-state index is 0.0845. The van der Waals surface area contributed by atoms with E-state index in [1.807, 2.05) is 18.2 Å². The number of hydrogen-bond acceptors (Lipinski definition) is 5. The molecule has 0 radical (unpaired) electrons. The van der Waals surface area contributed by atoms with Crippen molar-refractivity contribution < 1.29 is 14.5 Å². The maximum Gasteiger partial charge on any atom is 0.270 e. The Bertz CT molecular complexity index is 999. The molecule has 0 aromatic heterocycles. The van der Waals surface area contributed by atoms with Crippen LogP contribution in [0.15, 0.2) is 54.6 Å². The number of benzene rings is 2. The highest BCUT2D eigenvalue weighted by Crippen LogP contribution is 2.31. The SMILES string of the molecule is O=C(NCCc1ccccc1)[C@H](C1CCCC1)N1CCN(C(=O)c2cccc([N+](=O)[O-])c2)CC1. The zero-order valence-electron chi connectivity index (χ0n) is 19.4. The van der Waals surface area contributed by atoms with Gasteiger partial charge in [0, 0.05) is 50.4 Å². The van der Waals surface area contributed by atoms with Gasteiger partial charge in [-0.25, -0.2) is 0 Å². The molecule has 2 aliphatic rings. The first-order chi connectivity index (χ1) is 16.5. The Morgan fingerprint density at radius 3 is 2.38 bits per heavy atom. The predicted molar refractivity (Wildman–Crippen MR) is 129 cm³/mol. The lowest BCUT2D eigenvalue weighted by molar-refractivity contribution is -0.384. The summed E-state index contributed by atoms with van der Waals surface area (Å²) in [5.41, 5.74) is 1.44. The second-order valence-electron chi connectivity index (χ2n) is 9.15. The van der Waals surface area contributed by atoms with E-state index in [0.717, 1.165) is 32.1 Å². The number of amides is 2. The molecule has 1 aliphatic heterocycles. The molecule has 1 heterocycles. The summed E-state index contributed by atoms with van der Waals surface area (Å²) in [5, 5.41) is 14.2. The largest absolute Gasteiger partial charge is 0.354 e. The molecule has 1 N–H and O–H groups in total. The van der Waals surface area contributed by atoms with Crippen LogP contribution in [0.4, 0.5) is 5.69 Å². The van der Waals surface area contributed by atoms with Crippen molar-refractivity contribution in [1.29, 1.82) is 0 Å². The van der Waals surface area contributed by atoms with Gasteiger partial charge in [0.1, 0.15) is 0 Å². The van der Waals surface area contributed by atoms with Crippen molar-refractivity contribution in [2.75, 3.05) is 32.7 Å². The van der Waals surface area contributed by atoms with Gasteiger partial charge >= 0.3 is 0 Å². The van der Waals surface area contributed by atoms with Crippen LogP contribution in [0.2, 0.25) is 0 Å². The average Bonchev–Trinajstić information content (AvgIpc) is 3.39. The van der Waals surface area contributed by atoms with Crippen LogP contribution in [0, 0.1) is 16.0 Å². The van der Waals surface area contributed by atoms with Crippen LogP contribution in [0.25, 0.3) is 0 Å². The zero-order valence-corrected chi connectivity index (χ0v) is 19.4. The van der Waals surface area contributed by atoms with Crippen molar-refractivity contribution in [2.45, 2.75) is 38.1 Å². The van der Waals surface area contributed by atoms with Gasteiger partial charge in [0.2, 0.25) is 5.91 Å². The molecule has 2 aromatic rings. The molecule has 2 aromatic carbocycles. The Morgan fingerprint density at radius 2 is 1.71 bits per heavy atom. The Balaban J connectivity index is 1.36. The number of nitrogens with one attached hydrogen (secondary N) is 1. The highest BCUT2D eigenvalue weighted by atomic mass is 16.6. The van der Waals surface area contributed by atoms with Crippen molar-refractivity contribution in [3.05, 3.63) is 75.8 Å². The summed E-state index contributed by atoms with van der Waals surface area (Å²) in [5.74, 6) is 0.227. The van der Waals surface area contributed by atoms with Gasteiger partial charge in [-0.05, 0) is 36.8 Å². The van der Waals surface area contributed by atoms with E-state index in [9.17, 15) is 19.7 Å². The van der Waals surface area contributed by atoms with E-state index in [-0.39, 0.29) is 23.5 Å². The summed E-state index contributed by atoms with van der Waals surface area (Å²) in [4.78, 5) is 40.7. The molecule has 0 spiro atoms. The number of piperazine rings is 1. The van der Waals surface area contributed by atoms with Crippen LogP contribution in [0.3, 0.4) is 0 Å². The van der Waals surface area contributed by atoms with E-state index in [0.29, 0.717) is 44.2 Å². The van der Waals surface area contributed by atoms with Crippen molar-refractivity contribution >= 4 is 17.5 Å². The fraction of sp³-hybridized carbons (Fsp3) is 0.462. The van der Waals surface area contributed by atoms with Crippen molar-refractivity contribution in [2.24, 2.45) is 5.92 Å². The molecule has 180 valence electrons. The lowest BCUT2D eigenvalue weighted by atomic mass is 9.94. The van der Waals surface area contributed by atoms with Gasteiger partial charge in [0.15, 0.2) is 0 Å². The molecule has 0 unspecified atom stereocenters. The molecule has 1 aliphatic carbocycles. The van der Waals surface area contributed by atoms with E-state index in [2.05, 4.69) is 22.3 Å². The highest BCUT2D eigenvalue weighted by molar-refractivity contribution is 5.95. The Morgan fingerprint density at radius 1 is 1.00 bits per heavy atom. The van der Waals surface area contributed by atoms with E-state index in [1.54, 1.807) is 11.0 Å². The van der Waals surface area contributed by atoms with Crippen molar-refractivity contribution in [3.63, 3.8) is 0 Å². The molecule has 4 rings (SSSR count). The second-order valence-corrected chi connectivity index (χ2v) is 9.15. The van der Waals surface area contributed by atoms with Crippen LogP contribution in [-0.4, -0.2) is 65.3 Å². The van der Waals surface area contributed by atoms with Crippen molar-refractivity contribution in [1.82, 2.24) is 15.1 Å². The average molecular weight is 465 g/mol. The lowest BCUT2D eigenvalue weighted by Gasteiger charge is -2.40. The van der Waals surface area contributed by atoms with Crippen LogP contribution >= 0.6 is 0 Å². The number of rotatable bonds is 8. The molecule has 1 atom stereocenters. The maximum atomic E-state index is 13.3. The summed E-state index contributed by atoms with van der Waals surface area (Å²) in [7, 11) is 0. The number of carbonyl (C=O) groups excluding carboxylic acids is 2. The molecular formula is C26H32N4O4.